The maximum absolute atomic E-state index is 10.9. The third-order valence-electron chi connectivity index (χ3n) is 4.80. The van der Waals surface area contributed by atoms with Crippen molar-refractivity contribution in [1.29, 1.82) is 0 Å². The van der Waals surface area contributed by atoms with Crippen LogP contribution in [-0.2, 0) is 11.3 Å². The van der Waals surface area contributed by atoms with Crippen molar-refractivity contribution in [2.45, 2.75) is 13.5 Å². The average molecular weight is 417 g/mol. The highest BCUT2D eigenvalue weighted by atomic mass is 32.1. The molecule has 3 aromatic carbocycles. The van der Waals surface area contributed by atoms with Gasteiger partial charge in [0.2, 0.25) is 5.91 Å². The van der Waals surface area contributed by atoms with E-state index >= 15 is 0 Å². The zero-order chi connectivity index (χ0) is 20.8. The van der Waals surface area contributed by atoms with Crippen LogP contribution in [0.2, 0.25) is 0 Å². The molecule has 5 nitrogen and oxygen atoms in total. The molecular formula is C24H24N4OS. The zero-order valence-corrected chi connectivity index (χ0v) is 17.6. The predicted octanol–water partition coefficient (Wildman–Crippen LogP) is 4.93. The van der Waals surface area contributed by atoms with E-state index < -0.39 is 0 Å². The van der Waals surface area contributed by atoms with E-state index in [1.54, 1.807) is 0 Å². The number of anilines is 2. The number of carbonyl (C=O) groups is 1. The third-order valence-corrected chi connectivity index (χ3v) is 5.70. The molecule has 0 radical (unpaired) electrons. The molecular weight excluding hydrogens is 392 g/mol. The molecule has 0 saturated carbocycles. The Hall–Kier alpha value is -3.22. The van der Waals surface area contributed by atoms with Crippen LogP contribution in [-0.4, -0.2) is 23.4 Å². The van der Waals surface area contributed by atoms with Crippen molar-refractivity contribution in [2.24, 2.45) is 0 Å². The molecule has 0 saturated heterocycles. The highest BCUT2D eigenvalue weighted by Gasteiger charge is 2.11. The van der Waals surface area contributed by atoms with E-state index in [2.05, 4.69) is 87.1 Å². The van der Waals surface area contributed by atoms with E-state index in [-0.39, 0.29) is 5.91 Å². The number of hydrogen-bond donors (Lipinski definition) is 3. The highest BCUT2D eigenvalue weighted by molar-refractivity contribution is 7.14. The molecule has 4 rings (SSSR count). The van der Waals surface area contributed by atoms with Gasteiger partial charge in [0.1, 0.15) is 0 Å². The maximum Gasteiger partial charge on any atom is 0.216 e. The number of carbonyl (C=O) groups excluding carboxylic acids is 1. The van der Waals surface area contributed by atoms with E-state index in [4.69, 9.17) is 0 Å². The van der Waals surface area contributed by atoms with Crippen LogP contribution in [0.3, 0.4) is 0 Å². The summed E-state index contributed by atoms with van der Waals surface area (Å²) in [4.78, 5) is 10.9. The lowest BCUT2D eigenvalue weighted by molar-refractivity contribution is -0.118. The smallest absolute Gasteiger partial charge is 0.216 e. The summed E-state index contributed by atoms with van der Waals surface area (Å²) in [5.41, 5.74) is 4.61. The Balaban J connectivity index is 1.43. The van der Waals surface area contributed by atoms with Crippen molar-refractivity contribution in [2.75, 3.05) is 18.4 Å². The van der Waals surface area contributed by atoms with E-state index in [1.807, 2.05) is 6.07 Å². The van der Waals surface area contributed by atoms with Gasteiger partial charge in [-0.15, -0.1) is 0 Å². The molecule has 0 fully saturated rings. The van der Waals surface area contributed by atoms with Gasteiger partial charge in [-0.25, -0.2) is 0 Å². The number of nitrogens with zero attached hydrogens (tertiary/aromatic N) is 1. The Morgan fingerprint density at radius 2 is 1.73 bits per heavy atom. The summed E-state index contributed by atoms with van der Waals surface area (Å²) in [5, 5.41) is 10.7. The van der Waals surface area contributed by atoms with Crippen LogP contribution in [0, 0.1) is 0 Å². The third kappa shape index (κ3) is 4.84. The average Bonchev–Trinajstić information content (AvgIpc) is 3.18. The summed E-state index contributed by atoms with van der Waals surface area (Å²) in [5.74, 6) is 0.881. The fourth-order valence-electron chi connectivity index (χ4n) is 3.30. The van der Waals surface area contributed by atoms with E-state index in [0.717, 1.165) is 30.0 Å². The number of fused-ring (bicyclic) bond motifs is 1. The molecule has 1 aromatic heterocycles. The second kappa shape index (κ2) is 9.52. The summed E-state index contributed by atoms with van der Waals surface area (Å²) in [6.07, 6.45) is 0. The van der Waals surface area contributed by atoms with Crippen LogP contribution >= 0.6 is 11.5 Å². The number of amides is 1. The van der Waals surface area contributed by atoms with Crippen LogP contribution < -0.4 is 16.0 Å². The monoisotopic (exact) mass is 416 g/mol. The van der Waals surface area contributed by atoms with Crippen LogP contribution in [0.1, 0.15) is 12.5 Å². The molecule has 3 N–H and O–H groups in total. The van der Waals surface area contributed by atoms with Crippen LogP contribution in [0.5, 0.6) is 0 Å². The second-order valence-electron chi connectivity index (χ2n) is 7.06. The summed E-state index contributed by atoms with van der Waals surface area (Å²) < 4.78 is 5.85. The fourth-order valence-corrected chi connectivity index (χ4v) is 4.17. The van der Waals surface area contributed by atoms with Gasteiger partial charge in [-0.1, -0.05) is 54.6 Å². The van der Waals surface area contributed by atoms with Gasteiger partial charge in [0.05, 0.1) is 4.70 Å². The molecule has 0 unspecified atom stereocenters. The van der Waals surface area contributed by atoms with Gasteiger partial charge in [-0.05, 0) is 40.9 Å². The Bertz CT molecular complexity index is 1120. The molecule has 30 heavy (non-hydrogen) atoms. The lowest BCUT2D eigenvalue weighted by Gasteiger charge is -2.08. The SMILES string of the molecule is CC(=O)NCCNCc1ccc(Nc2nsc3c(-c4ccccc4)cccc23)cc1. The lowest BCUT2D eigenvalue weighted by Crippen LogP contribution is -2.29. The number of hydrogen-bond acceptors (Lipinski definition) is 5. The van der Waals surface area contributed by atoms with E-state index in [0.29, 0.717) is 6.54 Å². The molecule has 1 heterocycles. The lowest BCUT2D eigenvalue weighted by atomic mass is 10.0. The normalized spacial score (nSPS) is 10.8. The van der Waals surface area contributed by atoms with Gasteiger partial charge in [0, 0.05) is 43.2 Å². The first-order valence-corrected chi connectivity index (χ1v) is 10.7. The molecule has 1 amide bonds. The highest BCUT2D eigenvalue weighted by Crippen LogP contribution is 2.36. The molecule has 0 spiro atoms. The van der Waals surface area contributed by atoms with Crippen molar-refractivity contribution in [3.63, 3.8) is 0 Å². The molecule has 0 aliphatic heterocycles. The molecule has 0 aliphatic carbocycles. The van der Waals surface area contributed by atoms with Crippen molar-refractivity contribution in [3.8, 4) is 11.1 Å². The Morgan fingerprint density at radius 1 is 0.933 bits per heavy atom. The number of benzene rings is 3. The Kier molecular flexibility index (Phi) is 6.37. The van der Waals surface area contributed by atoms with Crippen molar-refractivity contribution in [1.82, 2.24) is 15.0 Å². The number of rotatable bonds is 8. The summed E-state index contributed by atoms with van der Waals surface area (Å²) in [7, 11) is 0. The molecule has 0 aliphatic rings. The van der Waals surface area contributed by atoms with Crippen LogP contribution in [0.4, 0.5) is 11.5 Å². The quantitative estimate of drug-likeness (QED) is 0.356. The molecule has 152 valence electrons. The molecule has 0 atom stereocenters. The Morgan fingerprint density at radius 3 is 2.50 bits per heavy atom. The second-order valence-corrected chi connectivity index (χ2v) is 7.83. The van der Waals surface area contributed by atoms with Gasteiger partial charge in [0.25, 0.3) is 0 Å². The first-order valence-electron chi connectivity index (χ1n) is 9.95. The predicted molar refractivity (Wildman–Crippen MR) is 125 cm³/mol. The molecule has 4 aromatic rings. The van der Waals surface area contributed by atoms with Crippen molar-refractivity contribution < 1.29 is 4.79 Å². The molecule has 0 bridgehead atoms. The van der Waals surface area contributed by atoms with Crippen LogP contribution in [0.15, 0.2) is 72.8 Å². The first-order chi connectivity index (χ1) is 14.7. The maximum atomic E-state index is 10.9. The number of nitrogens with one attached hydrogen (secondary N) is 3. The largest absolute Gasteiger partial charge is 0.355 e. The zero-order valence-electron chi connectivity index (χ0n) is 16.8. The van der Waals surface area contributed by atoms with Crippen molar-refractivity contribution in [3.05, 3.63) is 78.4 Å². The molecule has 6 heteroatoms. The Labute approximate surface area is 180 Å². The topological polar surface area (TPSA) is 66.1 Å². The van der Waals surface area contributed by atoms with Gasteiger partial charge in [-0.2, -0.15) is 4.37 Å². The van der Waals surface area contributed by atoms with Gasteiger partial charge >= 0.3 is 0 Å². The van der Waals surface area contributed by atoms with Gasteiger partial charge in [-0.3, -0.25) is 4.79 Å². The minimum atomic E-state index is -0.00215. The van der Waals surface area contributed by atoms with Gasteiger partial charge < -0.3 is 16.0 Å². The van der Waals surface area contributed by atoms with E-state index in [1.165, 1.54) is 39.8 Å². The minimum Gasteiger partial charge on any atom is -0.355 e. The summed E-state index contributed by atoms with van der Waals surface area (Å²) >= 11 is 1.52. The minimum absolute atomic E-state index is 0.00215. The van der Waals surface area contributed by atoms with E-state index in [9.17, 15) is 4.79 Å². The number of aromatic nitrogens is 1. The van der Waals surface area contributed by atoms with Crippen molar-refractivity contribution >= 4 is 39.0 Å². The van der Waals surface area contributed by atoms with Gasteiger partial charge in [0.15, 0.2) is 5.82 Å². The standard InChI is InChI=1S/C24H24N4OS/c1-17(29)26-15-14-25-16-18-10-12-20(13-11-18)27-24-22-9-5-8-21(23(22)30-28-24)19-6-3-2-4-7-19/h2-13,25H,14-16H2,1H3,(H,26,29)(H,27,28). The van der Waals surface area contributed by atoms with Crippen LogP contribution in [0.25, 0.3) is 21.2 Å². The summed E-state index contributed by atoms with van der Waals surface area (Å²) in [6, 6.07) is 25.1. The fraction of sp³-hybridized carbons (Fsp3) is 0.167. The first kappa shape index (κ1) is 20.1. The summed E-state index contributed by atoms with van der Waals surface area (Å²) in [6.45, 7) is 3.67.